The zero-order valence-corrected chi connectivity index (χ0v) is 18.6. The number of piperidine rings is 1. The molecule has 1 aromatic heterocycles. The number of aromatic nitrogens is 2. The van der Waals surface area contributed by atoms with E-state index in [1.165, 1.54) is 23.3 Å². The Kier molecular flexibility index (Phi) is 6.81. The molecule has 6 heteroatoms. The summed E-state index contributed by atoms with van der Waals surface area (Å²) >= 11 is 0. The van der Waals surface area contributed by atoms with E-state index in [0.717, 1.165) is 49.2 Å². The minimum absolute atomic E-state index is 0.134. The summed E-state index contributed by atoms with van der Waals surface area (Å²) in [5, 5.41) is 10.6. The molecule has 0 spiro atoms. The highest BCUT2D eigenvalue weighted by atomic mass is 19.1. The summed E-state index contributed by atoms with van der Waals surface area (Å²) < 4.78 is 15.3. The molecule has 2 heterocycles. The van der Waals surface area contributed by atoms with E-state index in [0.29, 0.717) is 5.56 Å². The number of hydrogen-bond acceptors (Lipinski definition) is 3. The molecular formula is C26H29FN4O. The van der Waals surface area contributed by atoms with Crippen LogP contribution in [0.15, 0.2) is 66.5 Å². The minimum atomic E-state index is -0.229. The molecule has 32 heavy (non-hydrogen) atoms. The number of carbonyl (C=O) groups is 1. The van der Waals surface area contributed by atoms with E-state index < -0.39 is 0 Å². The van der Waals surface area contributed by atoms with Gasteiger partial charge in [0, 0.05) is 12.7 Å². The first-order chi connectivity index (χ1) is 15.5. The van der Waals surface area contributed by atoms with Gasteiger partial charge in [0.25, 0.3) is 5.91 Å². The Balaban J connectivity index is 1.56. The first-order valence-electron chi connectivity index (χ1n) is 11.2. The van der Waals surface area contributed by atoms with Gasteiger partial charge < -0.3 is 10.6 Å². The first-order valence-corrected chi connectivity index (χ1v) is 11.2. The molecule has 1 aliphatic heterocycles. The predicted molar refractivity (Wildman–Crippen MR) is 125 cm³/mol. The fourth-order valence-corrected chi connectivity index (χ4v) is 4.13. The summed E-state index contributed by atoms with van der Waals surface area (Å²) in [4.78, 5) is 12.5. The van der Waals surface area contributed by atoms with Crippen molar-refractivity contribution in [3.05, 3.63) is 94.6 Å². The molecule has 4 rings (SSSR count). The van der Waals surface area contributed by atoms with Crippen molar-refractivity contribution in [2.45, 2.75) is 39.3 Å². The predicted octanol–water partition coefficient (Wildman–Crippen LogP) is 4.72. The molecule has 1 saturated heterocycles. The van der Waals surface area contributed by atoms with Crippen LogP contribution in [0, 0.1) is 5.82 Å². The van der Waals surface area contributed by atoms with Crippen molar-refractivity contribution in [3.63, 3.8) is 0 Å². The SMILES string of the molecule is CCn1cc(C(=O)N[C@H](C)c2ccc(C(=C3CCNCC3)c3ccc(F)cc3)cc2)cn1. The first kappa shape index (κ1) is 22.0. The van der Waals surface area contributed by atoms with Crippen LogP contribution in [-0.4, -0.2) is 28.8 Å². The summed E-state index contributed by atoms with van der Waals surface area (Å²) in [6.07, 6.45) is 5.30. The number of carbonyl (C=O) groups excluding carboxylic acids is 1. The van der Waals surface area contributed by atoms with E-state index >= 15 is 0 Å². The summed E-state index contributed by atoms with van der Waals surface area (Å²) in [5.74, 6) is -0.363. The quantitative estimate of drug-likeness (QED) is 0.593. The number of benzene rings is 2. The normalized spacial score (nSPS) is 14.8. The monoisotopic (exact) mass is 432 g/mol. The molecular weight excluding hydrogens is 403 g/mol. The fourth-order valence-electron chi connectivity index (χ4n) is 4.13. The van der Waals surface area contributed by atoms with Crippen molar-refractivity contribution in [2.24, 2.45) is 0 Å². The van der Waals surface area contributed by atoms with Gasteiger partial charge in [0.1, 0.15) is 5.82 Å². The van der Waals surface area contributed by atoms with E-state index in [2.05, 4.69) is 40.0 Å². The molecule has 0 radical (unpaired) electrons. The fraction of sp³-hybridized carbons (Fsp3) is 0.308. The largest absolute Gasteiger partial charge is 0.345 e. The lowest BCUT2D eigenvalue weighted by Crippen LogP contribution is -2.26. The van der Waals surface area contributed by atoms with Gasteiger partial charge in [-0.1, -0.05) is 42.0 Å². The average Bonchev–Trinajstić information content (AvgIpc) is 3.31. The number of nitrogens with zero attached hydrogens (tertiary/aromatic N) is 2. The maximum atomic E-state index is 13.5. The van der Waals surface area contributed by atoms with Crippen LogP contribution in [0.5, 0.6) is 0 Å². The third-order valence-electron chi connectivity index (χ3n) is 5.96. The van der Waals surface area contributed by atoms with Crippen LogP contribution in [0.1, 0.15) is 59.8 Å². The van der Waals surface area contributed by atoms with E-state index in [4.69, 9.17) is 0 Å². The Morgan fingerprint density at radius 2 is 1.69 bits per heavy atom. The molecule has 1 atom stereocenters. The Morgan fingerprint density at radius 1 is 1.06 bits per heavy atom. The van der Waals surface area contributed by atoms with Crippen LogP contribution in [-0.2, 0) is 6.54 Å². The van der Waals surface area contributed by atoms with Crippen LogP contribution in [0.3, 0.4) is 0 Å². The van der Waals surface area contributed by atoms with Gasteiger partial charge in [-0.2, -0.15) is 5.10 Å². The molecule has 0 saturated carbocycles. The third kappa shape index (κ3) is 4.97. The molecule has 0 unspecified atom stereocenters. The van der Waals surface area contributed by atoms with Crippen LogP contribution in [0.4, 0.5) is 4.39 Å². The van der Waals surface area contributed by atoms with E-state index in [1.54, 1.807) is 17.1 Å². The van der Waals surface area contributed by atoms with E-state index in [9.17, 15) is 9.18 Å². The van der Waals surface area contributed by atoms with Crippen LogP contribution in [0.25, 0.3) is 5.57 Å². The van der Waals surface area contributed by atoms with E-state index in [1.807, 2.05) is 26.0 Å². The number of hydrogen-bond donors (Lipinski definition) is 2. The van der Waals surface area contributed by atoms with Crippen LogP contribution >= 0.6 is 0 Å². The van der Waals surface area contributed by atoms with Crippen molar-refractivity contribution in [3.8, 4) is 0 Å². The lowest BCUT2D eigenvalue weighted by molar-refractivity contribution is 0.0940. The standard InChI is InChI=1S/C26H29FN4O/c1-3-31-17-23(16-29-31)26(32)30-18(2)19-4-6-20(7-5-19)25(22-12-14-28-15-13-22)21-8-10-24(27)11-9-21/h4-11,16-18,28H,3,12-15H2,1-2H3,(H,30,32)/t18-/m1/s1. The number of amides is 1. The highest BCUT2D eigenvalue weighted by Gasteiger charge is 2.17. The Hall–Kier alpha value is -3.25. The second kappa shape index (κ2) is 9.92. The van der Waals surface area contributed by atoms with Crippen molar-refractivity contribution >= 4 is 11.5 Å². The minimum Gasteiger partial charge on any atom is -0.345 e. The second-order valence-electron chi connectivity index (χ2n) is 8.14. The van der Waals surface area contributed by atoms with E-state index in [-0.39, 0.29) is 17.8 Å². The molecule has 2 N–H and O–H groups in total. The van der Waals surface area contributed by atoms with Crippen molar-refractivity contribution in [2.75, 3.05) is 13.1 Å². The van der Waals surface area contributed by atoms with Crippen LogP contribution < -0.4 is 10.6 Å². The van der Waals surface area contributed by atoms with Gasteiger partial charge in [-0.3, -0.25) is 9.48 Å². The summed E-state index contributed by atoms with van der Waals surface area (Å²) in [6, 6.07) is 14.9. The molecule has 2 aromatic carbocycles. The number of halogens is 1. The second-order valence-corrected chi connectivity index (χ2v) is 8.14. The van der Waals surface area contributed by atoms with Gasteiger partial charge in [-0.15, -0.1) is 0 Å². The number of rotatable bonds is 6. The highest BCUT2D eigenvalue weighted by molar-refractivity contribution is 5.94. The molecule has 0 bridgehead atoms. The zero-order chi connectivity index (χ0) is 22.5. The van der Waals surface area contributed by atoms with Crippen molar-refractivity contribution in [1.82, 2.24) is 20.4 Å². The van der Waals surface area contributed by atoms with Crippen molar-refractivity contribution < 1.29 is 9.18 Å². The Labute approximate surface area is 188 Å². The average molecular weight is 433 g/mol. The summed E-state index contributed by atoms with van der Waals surface area (Å²) in [6.45, 7) is 6.60. The third-order valence-corrected chi connectivity index (χ3v) is 5.96. The number of nitrogens with one attached hydrogen (secondary N) is 2. The maximum absolute atomic E-state index is 13.5. The number of aryl methyl sites for hydroxylation is 1. The highest BCUT2D eigenvalue weighted by Crippen LogP contribution is 2.32. The Bertz CT molecular complexity index is 1090. The van der Waals surface area contributed by atoms with Gasteiger partial charge >= 0.3 is 0 Å². The van der Waals surface area contributed by atoms with Gasteiger partial charge in [-0.25, -0.2) is 4.39 Å². The lowest BCUT2D eigenvalue weighted by atomic mass is 9.88. The maximum Gasteiger partial charge on any atom is 0.254 e. The van der Waals surface area contributed by atoms with Gasteiger partial charge in [0.2, 0.25) is 0 Å². The van der Waals surface area contributed by atoms with Gasteiger partial charge in [-0.05, 0) is 74.2 Å². The molecule has 1 amide bonds. The molecule has 3 aromatic rings. The lowest BCUT2D eigenvalue weighted by Gasteiger charge is -2.22. The van der Waals surface area contributed by atoms with Gasteiger partial charge in [0.05, 0.1) is 17.8 Å². The molecule has 5 nitrogen and oxygen atoms in total. The topological polar surface area (TPSA) is 59.0 Å². The zero-order valence-electron chi connectivity index (χ0n) is 18.6. The molecule has 0 aliphatic carbocycles. The smallest absolute Gasteiger partial charge is 0.254 e. The van der Waals surface area contributed by atoms with Crippen LogP contribution in [0.2, 0.25) is 0 Å². The summed E-state index contributed by atoms with van der Waals surface area (Å²) in [5.41, 5.74) is 6.30. The van der Waals surface area contributed by atoms with Crippen molar-refractivity contribution in [1.29, 1.82) is 0 Å². The molecule has 1 fully saturated rings. The van der Waals surface area contributed by atoms with Gasteiger partial charge in [0.15, 0.2) is 0 Å². The Morgan fingerprint density at radius 3 is 2.28 bits per heavy atom. The molecule has 166 valence electrons. The summed E-state index contributed by atoms with van der Waals surface area (Å²) in [7, 11) is 0. The molecule has 1 aliphatic rings.